The molecular weight excluding hydrogens is 254 g/mol. The van der Waals surface area contributed by atoms with E-state index in [0.29, 0.717) is 5.92 Å². The quantitative estimate of drug-likeness (QED) is 0.754. The largest absolute Gasteiger partial charge is 0.324 e. The molecule has 0 saturated carbocycles. The van der Waals surface area contributed by atoms with E-state index in [1.54, 1.807) is 0 Å². The van der Waals surface area contributed by atoms with Crippen molar-refractivity contribution in [3.05, 3.63) is 34.9 Å². The number of rotatable bonds is 4. The van der Waals surface area contributed by atoms with Gasteiger partial charge >= 0.3 is 0 Å². The van der Waals surface area contributed by atoms with E-state index >= 15 is 0 Å². The third-order valence-corrected chi connectivity index (χ3v) is 4.47. The first-order valence-electron chi connectivity index (χ1n) is 8.36. The minimum absolute atomic E-state index is 0.142. The van der Waals surface area contributed by atoms with E-state index < -0.39 is 0 Å². The van der Waals surface area contributed by atoms with Crippen LogP contribution in [0.5, 0.6) is 0 Å². The van der Waals surface area contributed by atoms with Crippen LogP contribution in [0.1, 0.15) is 91.0 Å². The second-order valence-electron chi connectivity index (χ2n) is 8.70. The molecule has 0 amide bonds. The molecular formula is C20H35N. The Morgan fingerprint density at radius 2 is 1.33 bits per heavy atom. The average molecular weight is 290 g/mol. The van der Waals surface area contributed by atoms with Crippen LogP contribution in [0.3, 0.4) is 0 Å². The predicted octanol–water partition coefficient (Wildman–Crippen LogP) is 5.72. The molecule has 2 unspecified atom stereocenters. The Labute approximate surface area is 132 Å². The molecule has 0 spiro atoms. The first-order chi connectivity index (χ1) is 9.45. The fourth-order valence-electron chi connectivity index (χ4n) is 2.47. The summed E-state index contributed by atoms with van der Waals surface area (Å²) in [6.07, 6.45) is 2.26. The van der Waals surface area contributed by atoms with E-state index in [9.17, 15) is 0 Å². The maximum atomic E-state index is 6.50. The van der Waals surface area contributed by atoms with Crippen molar-refractivity contribution in [3.8, 4) is 0 Å². The topological polar surface area (TPSA) is 26.0 Å². The highest BCUT2D eigenvalue weighted by Crippen LogP contribution is 2.33. The van der Waals surface area contributed by atoms with Crippen LogP contribution < -0.4 is 5.73 Å². The number of hydrogen-bond acceptors (Lipinski definition) is 1. The Morgan fingerprint density at radius 3 is 1.67 bits per heavy atom. The molecule has 1 heteroatoms. The molecule has 2 N–H and O–H groups in total. The normalized spacial score (nSPS) is 15.9. The van der Waals surface area contributed by atoms with Crippen LogP contribution >= 0.6 is 0 Å². The van der Waals surface area contributed by atoms with Gasteiger partial charge in [0.15, 0.2) is 0 Å². The molecule has 0 saturated heterocycles. The van der Waals surface area contributed by atoms with Gasteiger partial charge in [-0.25, -0.2) is 0 Å². The van der Waals surface area contributed by atoms with Crippen LogP contribution in [0.15, 0.2) is 18.2 Å². The van der Waals surface area contributed by atoms with E-state index in [1.807, 2.05) is 0 Å². The van der Waals surface area contributed by atoms with Crippen molar-refractivity contribution in [3.63, 3.8) is 0 Å². The predicted molar refractivity (Wildman–Crippen MR) is 94.8 cm³/mol. The van der Waals surface area contributed by atoms with Crippen LogP contribution in [0.25, 0.3) is 0 Å². The molecule has 0 aliphatic carbocycles. The van der Waals surface area contributed by atoms with Crippen molar-refractivity contribution >= 4 is 0 Å². The molecule has 0 radical (unpaired) electrons. The standard InChI is InChI=1S/C20H35N/c1-9-14(2)10-18(21)15-11-16(19(3,4)5)13-17(12-15)20(6,7)8/h11-14,18H,9-10,21H2,1-8H3. The van der Waals surface area contributed by atoms with Crippen LogP contribution in [0.2, 0.25) is 0 Å². The molecule has 21 heavy (non-hydrogen) atoms. The summed E-state index contributed by atoms with van der Waals surface area (Å²) in [5, 5.41) is 0. The Bertz CT molecular complexity index is 427. The third-order valence-electron chi connectivity index (χ3n) is 4.47. The molecule has 0 aliphatic rings. The Hall–Kier alpha value is -0.820. The fraction of sp³-hybridized carbons (Fsp3) is 0.700. The molecule has 120 valence electrons. The molecule has 0 fully saturated rings. The maximum Gasteiger partial charge on any atom is 0.0297 e. The van der Waals surface area contributed by atoms with Gasteiger partial charge in [0, 0.05) is 6.04 Å². The summed E-state index contributed by atoms with van der Waals surface area (Å²) in [6, 6.07) is 7.15. The van der Waals surface area contributed by atoms with E-state index in [4.69, 9.17) is 5.73 Å². The summed E-state index contributed by atoms with van der Waals surface area (Å²) in [5.41, 5.74) is 10.9. The minimum Gasteiger partial charge on any atom is -0.324 e. The lowest BCUT2D eigenvalue weighted by atomic mass is 9.78. The lowest BCUT2D eigenvalue weighted by Gasteiger charge is -2.28. The van der Waals surface area contributed by atoms with Crippen molar-refractivity contribution < 1.29 is 0 Å². The van der Waals surface area contributed by atoms with Gasteiger partial charge in [-0.2, -0.15) is 0 Å². The fourth-order valence-corrected chi connectivity index (χ4v) is 2.47. The molecule has 1 aromatic carbocycles. The van der Waals surface area contributed by atoms with E-state index in [1.165, 1.54) is 23.1 Å². The lowest BCUT2D eigenvalue weighted by Crippen LogP contribution is -2.20. The van der Waals surface area contributed by atoms with Crippen molar-refractivity contribution in [2.24, 2.45) is 11.7 Å². The Balaban J connectivity index is 3.25. The van der Waals surface area contributed by atoms with Crippen LogP contribution in [0, 0.1) is 5.92 Å². The zero-order valence-electron chi connectivity index (χ0n) is 15.4. The SMILES string of the molecule is CCC(C)CC(N)c1cc(C(C)(C)C)cc(C(C)(C)C)c1. The van der Waals surface area contributed by atoms with Gasteiger partial charge in [0.25, 0.3) is 0 Å². The van der Waals surface area contributed by atoms with Crippen molar-refractivity contribution in [2.45, 2.75) is 85.1 Å². The second kappa shape index (κ2) is 6.52. The maximum absolute atomic E-state index is 6.50. The minimum atomic E-state index is 0.142. The van der Waals surface area contributed by atoms with Gasteiger partial charge in [0.05, 0.1) is 0 Å². The third kappa shape index (κ3) is 5.14. The molecule has 1 rings (SSSR count). The molecule has 0 heterocycles. The Kier molecular flexibility index (Phi) is 5.66. The summed E-state index contributed by atoms with van der Waals surface area (Å²) < 4.78 is 0. The van der Waals surface area contributed by atoms with Gasteiger partial charge in [-0.1, -0.05) is 80.0 Å². The number of benzene rings is 1. The summed E-state index contributed by atoms with van der Waals surface area (Å²) in [7, 11) is 0. The van der Waals surface area contributed by atoms with E-state index in [2.05, 4.69) is 73.6 Å². The van der Waals surface area contributed by atoms with Gasteiger partial charge in [-0.3, -0.25) is 0 Å². The monoisotopic (exact) mass is 289 g/mol. The highest BCUT2D eigenvalue weighted by molar-refractivity contribution is 5.38. The van der Waals surface area contributed by atoms with Crippen molar-refractivity contribution in [2.75, 3.05) is 0 Å². The van der Waals surface area contributed by atoms with Crippen molar-refractivity contribution in [1.82, 2.24) is 0 Å². The van der Waals surface area contributed by atoms with Gasteiger partial charge in [0.2, 0.25) is 0 Å². The van der Waals surface area contributed by atoms with E-state index in [0.717, 1.165) is 6.42 Å². The molecule has 2 atom stereocenters. The second-order valence-corrected chi connectivity index (χ2v) is 8.70. The van der Waals surface area contributed by atoms with Crippen molar-refractivity contribution in [1.29, 1.82) is 0 Å². The van der Waals surface area contributed by atoms with E-state index in [-0.39, 0.29) is 16.9 Å². The van der Waals surface area contributed by atoms with Crippen LogP contribution in [-0.4, -0.2) is 0 Å². The first kappa shape index (κ1) is 18.2. The smallest absolute Gasteiger partial charge is 0.0297 e. The van der Waals surface area contributed by atoms with Gasteiger partial charge in [-0.15, -0.1) is 0 Å². The zero-order valence-corrected chi connectivity index (χ0v) is 15.4. The molecule has 0 aromatic heterocycles. The highest BCUT2D eigenvalue weighted by Gasteiger charge is 2.22. The van der Waals surface area contributed by atoms with Gasteiger partial charge < -0.3 is 5.73 Å². The number of hydrogen-bond donors (Lipinski definition) is 1. The lowest BCUT2D eigenvalue weighted by molar-refractivity contribution is 0.459. The average Bonchev–Trinajstić information content (AvgIpc) is 2.35. The molecule has 0 bridgehead atoms. The summed E-state index contributed by atoms with van der Waals surface area (Å²) in [4.78, 5) is 0. The van der Waals surface area contributed by atoms with Crippen LogP contribution in [0.4, 0.5) is 0 Å². The summed E-state index contributed by atoms with van der Waals surface area (Å²) in [6.45, 7) is 18.2. The zero-order chi connectivity index (χ0) is 16.4. The first-order valence-corrected chi connectivity index (χ1v) is 8.36. The molecule has 0 aliphatic heterocycles. The van der Waals surface area contributed by atoms with Gasteiger partial charge in [0.1, 0.15) is 0 Å². The molecule has 1 nitrogen and oxygen atoms in total. The van der Waals surface area contributed by atoms with Gasteiger partial charge in [-0.05, 0) is 39.9 Å². The number of nitrogens with two attached hydrogens (primary N) is 1. The van der Waals surface area contributed by atoms with Crippen LogP contribution in [-0.2, 0) is 10.8 Å². The highest BCUT2D eigenvalue weighted by atomic mass is 14.6. The summed E-state index contributed by atoms with van der Waals surface area (Å²) >= 11 is 0. The molecule has 1 aromatic rings. The Morgan fingerprint density at radius 1 is 0.905 bits per heavy atom. The summed E-state index contributed by atoms with van der Waals surface area (Å²) in [5.74, 6) is 0.677.